The third kappa shape index (κ3) is 15.8. The Morgan fingerprint density at radius 1 is 1.21 bits per heavy atom. The zero-order chi connectivity index (χ0) is 11.4. The van der Waals surface area contributed by atoms with Gasteiger partial charge in [0.2, 0.25) is 0 Å². The number of aliphatic hydroxyl groups is 2. The molecular formula is C8H18I2O4. The van der Waals surface area contributed by atoms with E-state index in [4.69, 9.17) is 19.7 Å². The third-order valence-corrected chi connectivity index (χ3v) is 1.25. The minimum absolute atomic E-state index is 0.0242. The Bertz CT molecular complexity index is 103. The third-order valence-electron chi connectivity index (χ3n) is 1.25. The van der Waals surface area contributed by atoms with E-state index in [1.54, 1.807) is 13.8 Å². The van der Waals surface area contributed by atoms with Crippen LogP contribution in [0.25, 0.3) is 0 Å². The lowest BCUT2D eigenvalue weighted by Crippen LogP contribution is -2.18. The number of aliphatic hydroxyl groups excluding tert-OH is 2. The van der Waals surface area contributed by atoms with Crippen LogP contribution >= 0.6 is 37.2 Å². The Balaban J connectivity index is 0. The lowest BCUT2D eigenvalue weighted by Gasteiger charge is -2.10. The van der Waals surface area contributed by atoms with E-state index in [1.807, 2.05) is 0 Å². The molecule has 0 amide bonds. The second kappa shape index (κ2) is 14.3. The van der Waals surface area contributed by atoms with Crippen LogP contribution in [0.15, 0.2) is 0 Å². The van der Waals surface area contributed by atoms with E-state index < -0.39 is 6.10 Å². The van der Waals surface area contributed by atoms with Gasteiger partial charge in [0.25, 0.3) is 0 Å². The van der Waals surface area contributed by atoms with Crippen LogP contribution in [0, 0.1) is 0 Å². The summed E-state index contributed by atoms with van der Waals surface area (Å²) in [6, 6.07) is 0. The molecule has 0 aromatic heterocycles. The molecule has 0 bridgehead atoms. The van der Waals surface area contributed by atoms with Crippen molar-refractivity contribution in [2.75, 3.05) is 26.4 Å². The van der Waals surface area contributed by atoms with Crippen molar-refractivity contribution in [2.24, 2.45) is 0 Å². The maximum Gasteiger partial charge on any atom is 0.0778 e. The summed E-state index contributed by atoms with van der Waals surface area (Å²) in [4.78, 5) is 0. The van der Waals surface area contributed by atoms with E-state index in [1.165, 1.54) is 0 Å². The highest BCUT2D eigenvalue weighted by Crippen LogP contribution is 1.89. The molecule has 6 heteroatoms. The van der Waals surface area contributed by atoms with Gasteiger partial charge in [-0.25, -0.2) is 0 Å². The molecule has 0 spiro atoms. The summed E-state index contributed by atoms with van der Waals surface area (Å²) >= 11 is 4.24. The van der Waals surface area contributed by atoms with E-state index in [0.717, 1.165) is 0 Å². The van der Waals surface area contributed by atoms with Crippen LogP contribution in [0.2, 0.25) is 0 Å². The highest BCUT2D eigenvalue weighted by atomic mass is 128. The van der Waals surface area contributed by atoms with Crippen molar-refractivity contribution in [2.45, 2.75) is 26.1 Å². The number of halogens is 2. The monoisotopic (exact) mass is 432 g/mol. The molecule has 88 valence electrons. The molecule has 0 saturated carbocycles. The van der Waals surface area contributed by atoms with Gasteiger partial charge in [-0.15, -0.1) is 0 Å². The zero-order valence-corrected chi connectivity index (χ0v) is 12.8. The first kappa shape index (κ1) is 17.7. The molecule has 0 aromatic rings. The Morgan fingerprint density at radius 2 is 1.79 bits per heavy atom. The van der Waals surface area contributed by atoms with E-state index in [2.05, 4.69) is 37.2 Å². The van der Waals surface area contributed by atoms with Gasteiger partial charge in [0.15, 0.2) is 0 Å². The molecule has 0 aromatic carbocycles. The highest BCUT2D eigenvalue weighted by Gasteiger charge is 1.99. The first-order valence-electron chi connectivity index (χ1n) is 4.29. The Kier molecular flexibility index (Phi) is 18.1. The number of hydrogen-bond acceptors (Lipinski definition) is 4. The second-order valence-corrected chi connectivity index (χ2v) is 2.79. The lowest BCUT2D eigenvalue weighted by atomic mass is 10.4. The van der Waals surface area contributed by atoms with Gasteiger partial charge in [-0.05, 0) is 13.8 Å². The average Bonchev–Trinajstić information content (AvgIpc) is 2.19. The van der Waals surface area contributed by atoms with Crippen molar-refractivity contribution in [1.29, 1.82) is 0 Å². The molecule has 0 aliphatic heterocycles. The van der Waals surface area contributed by atoms with E-state index in [9.17, 15) is 0 Å². The van der Waals surface area contributed by atoms with Crippen molar-refractivity contribution >= 4 is 37.2 Å². The van der Waals surface area contributed by atoms with Crippen molar-refractivity contribution in [3.05, 3.63) is 0 Å². The average molecular weight is 432 g/mol. The number of hydrogen-bond donors (Lipinski definition) is 2. The summed E-state index contributed by atoms with van der Waals surface area (Å²) in [7, 11) is 0. The van der Waals surface area contributed by atoms with Gasteiger partial charge < -0.3 is 19.7 Å². The molecule has 2 atom stereocenters. The van der Waals surface area contributed by atoms with Crippen LogP contribution in [0.3, 0.4) is 0 Å². The minimum atomic E-state index is -0.430. The summed E-state index contributed by atoms with van der Waals surface area (Å²) < 4.78 is 10.1. The zero-order valence-electron chi connectivity index (χ0n) is 8.45. The molecule has 0 heterocycles. The van der Waals surface area contributed by atoms with Gasteiger partial charge in [-0.2, -0.15) is 0 Å². The Labute approximate surface area is 109 Å². The molecule has 0 aliphatic carbocycles. The van der Waals surface area contributed by atoms with E-state index in [-0.39, 0.29) is 12.7 Å². The van der Waals surface area contributed by atoms with Crippen LogP contribution in [0.5, 0.6) is 0 Å². The van der Waals surface area contributed by atoms with Gasteiger partial charge in [0.05, 0.1) is 38.6 Å². The molecule has 0 aliphatic rings. The Morgan fingerprint density at radius 3 is 2.21 bits per heavy atom. The normalized spacial score (nSPS) is 14.1. The quantitative estimate of drug-likeness (QED) is 0.474. The summed E-state index contributed by atoms with van der Waals surface area (Å²) in [5.74, 6) is 0. The van der Waals surface area contributed by atoms with Crippen LogP contribution in [0.4, 0.5) is 0 Å². The van der Waals surface area contributed by atoms with E-state index in [0.29, 0.717) is 19.8 Å². The molecule has 2 unspecified atom stereocenters. The first-order chi connectivity index (χ1) is 6.66. The highest BCUT2D eigenvalue weighted by molar-refractivity contribution is 15.0. The van der Waals surface area contributed by atoms with Gasteiger partial charge in [0.1, 0.15) is 0 Å². The van der Waals surface area contributed by atoms with Gasteiger partial charge in [0, 0.05) is 37.2 Å². The predicted octanol–water partition coefficient (Wildman–Crippen LogP) is 1.55. The van der Waals surface area contributed by atoms with Crippen LogP contribution in [-0.4, -0.2) is 48.8 Å². The predicted molar refractivity (Wildman–Crippen MR) is 73.0 cm³/mol. The summed E-state index contributed by atoms with van der Waals surface area (Å²) in [5.41, 5.74) is 0. The smallest absolute Gasteiger partial charge is 0.0778 e. The maximum absolute atomic E-state index is 8.80. The topological polar surface area (TPSA) is 58.9 Å². The fourth-order valence-electron chi connectivity index (χ4n) is 0.615. The van der Waals surface area contributed by atoms with Crippen LogP contribution in [0.1, 0.15) is 13.8 Å². The fourth-order valence-corrected chi connectivity index (χ4v) is 0.615. The minimum Gasteiger partial charge on any atom is -0.394 e. The van der Waals surface area contributed by atoms with Crippen molar-refractivity contribution in [3.63, 3.8) is 0 Å². The number of rotatable bonds is 7. The molecule has 14 heavy (non-hydrogen) atoms. The molecular weight excluding hydrogens is 414 g/mol. The second-order valence-electron chi connectivity index (χ2n) is 2.79. The lowest BCUT2D eigenvalue weighted by molar-refractivity contribution is -0.0253. The SMILES string of the molecule is CC(O)COCCOC(C)CO.II. The van der Waals surface area contributed by atoms with Gasteiger partial charge in [-0.1, -0.05) is 0 Å². The van der Waals surface area contributed by atoms with Crippen LogP contribution in [-0.2, 0) is 9.47 Å². The van der Waals surface area contributed by atoms with Crippen molar-refractivity contribution in [1.82, 2.24) is 0 Å². The van der Waals surface area contributed by atoms with Crippen molar-refractivity contribution in [3.8, 4) is 0 Å². The molecule has 4 nitrogen and oxygen atoms in total. The maximum atomic E-state index is 8.80. The van der Waals surface area contributed by atoms with E-state index >= 15 is 0 Å². The van der Waals surface area contributed by atoms with Gasteiger partial charge >= 0.3 is 0 Å². The van der Waals surface area contributed by atoms with Crippen molar-refractivity contribution < 1.29 is 19.7 Å². The molecule has 0 fully saturated rings. The fraction of sp³-hybridized carbons (Fsp3) is 1.00. The summed E-state index contributed by atoms with van der Waals surface area (Å²) in [5, 5.41) is 17.4. The molecule has 0 rings (SSSR count). The standard InChI is InChI=1S/C8H18O4.I2/c1-7(10)6-11-3-4-12-8(2)5-9;1-2/h7-10H,3-6H2,1-2H3;. The molecule has 0 radical (unpaired) electrons. The number of ether oxygens (including phenoxy) is 2. The van der Waals surface area contributed by atoms with Crippen LogP contribution < -0.4 is 0 Å². The molecule has 2 N–H and O–H groups in total. The largest absolute Gasteiger partial charge is 0.394 e. The summed E-state index contributed by atoms with van der Waals surface area (Å²) in [6.45, 7) is 4.71. The van der Waals surface area contributed by atoms with Gasteiger partial charge in [-0.3, -0.25) is 0 Å². The Hall–Kier alpha value is 1.30. The molecule has 0 saturated heterocycles. The first-order valence-corrected chi connectivity index (χ1v) is 10.6. The summed E-state index contributed by atoms with van der Waals surface area (Å²) in [6.07, 6.45) is -0.569.